The molecule has 2 rings (SSSR count). The summed E-state index contributed by atoms with van der Waals surface area (Å²) in [6, 6.07) is 6.50. The zero-order valence-electron chi connectivity index (χ0n) is 10.9. The molecule has 1 heterocycles. The average Bonchev–Trinajstić information content (AvgIpc) is 2.98. The van der Waals surface area contributed by atoms with Gasteiger partial charge in [-0.3, -0.25) is 9.48 Å². The molecular formula is C13H14N4O3. The molecule has 1 amide bonds. The van der Waals surface area contributed by atoms with E-state index in [9.17, 15) is 9.59 Å². The lowest BCUT2D eigenvalue weighted by Gasteiger charge is -2.06. The van der Waals surface area contributed by atoms with E-state index in [2.05, 4.69) is 20.4 Å². The standard InChI is InChI=1S/C13H14N4O3/c1-20-13(19)10-2-4-11(5-3-10)15-12(18)6-8-17-9-7-14-16-17/h2-5,7,9H,6,8H2,1H3,(H,15,18). The van der Waals surface area contributed by atoms with Gasteiger partial charge in [0.05, 0.1) is 25.4 Å². The van der Waals surface area contributed by atoms with Gasteiger partial charge in [-0.05, 0) is 24.3 Å². The molecule has 0 aliphatic rings. The summed E-state index contributed by atoms with van der Waals surface area (Å²) in [5.74, 6) is -0.541. The Hall–Kier alpha value is -2.70. The number of esters is 1. The van der Waals surface area contributed by atoms with Crippen LogP contribution in [-0.4, -0.2) is 34.0 Å². The summed E-state index contributed by atoms with van der Waals surface area (Å²) in [5.41, 5.74) is 1.06. The highest BCUT2D eigenvalue weighted by molar-refractivity contribution is 5.92. The molecule has 0 unspecified atom stereocenters. The molecule has 104 valence electrons. The van der Waals surface area contributed by atoms with Crippen molar-refractivity contribution in [2.45, 2.75) is 13.0 Å². The maximum absolute atomic E-state index is 11.7. The van der Waals surface area contributed by atoms with Gasteiger partial charge in [0.15, 0.2) is 0 Å². The molecule has 0 fully saturated rings. The molecule has 1 N–H and O–H groups in total. The third kappa shape index (κ3) is 3.64. The second-order valence-corrected chi connectivity index (χ2v) is 4.03. The maximum Gasteiger partial charge on any atom is 0.337 e. The predicted octanol–water partition coefficient (Wildman–Crippen LogP) is 1.09. The van der Waals surface area contributed by atoms with Crippen molar-refractivity contribution in [2.24, 2.45) is 0 Å². The van der Waals surface area contributed by atoms with Crippen LogP contribution < -0.4 is 5.32 Å². The fourth-order valence-corrected chi connectivity index (χ4v) is 1.60. The fourth-order valence-electron chi connectivity index (χ4n) is 1.60. The monoisotopic (exact) mass is 274 g/mol. The Morgan fingerprint density at radius 3 is 2.65 bits per heavy atom. The molecular weight excluding hydrogens is 260 g/mol. The fraction of sp³-hybridized carbons (Fsp3) is 0.231. The van der Waals surface area contributed by atoms with Gasteiger partial charge in [-0.2, -0.15) is 0 Å². The van der Waals surface area contributed by atoms with E-state index >= 15 is 0 Å². The minimum atomic E-state index is -0.408. The molecule has 0 saturated carbocycles. The van der Waals surface area contributed by atoms with Crippen molar-refractivity contribution in [2.75, 3.05) is 12.4 Å². The highest BCUT2D eigenvalue weighted by atomic mass is 16.5. The maximum atomic E-state index is 11.7. The van der Waals surface area contributed by atoms with E-state index in [0.29, 0.717) is 24.2 Å². The van der Waals surface area contributed by atoms with Gasteiger partial charge in [0.25, 0.3) is 0 Å². The highest BCUT2D eigenvalue weighted by Crippen LogP contribution is 2.10. The Labute approximate surface area is 115 Å². The van der Waals surface area contributed by atoms with E-state index in [1.807, 2.05) is 0 Å². The Kier molecular flexibility index (Phi) is 4.43. The van der Waals surface area contributed by atoms with Crippen molar-refractivity contribution in [3.63, 3.8) is 0 Å². The second kappa shape index (κ2) is 6.46. The minimum Gasteiger partial charge on any atom is -0.465 e. The third-order valence-corrected chi connectivity index (χ3v) is 2.63. The van der Waals surface area contributed by atoms with Crippen LogP contribution in [0.25, 0.3) is 0 Å². The first-order valence-corrected chi connectivity index (χ1v) is 6.01. The Balaban J connectivity index is 1.86. The van der Waals surface area contributed by atoms with Crippen LogP contribution in [0, 0.1) is 0 Å². The lowest BCUT2D eigenvalue weighted by atomic mass is 10.2. The van der Waals surface area contributed by atoms with E-state index in [-0.39, 0.29) is 5.91 Å². The first-order chi connectivity index (χ1) is 9.69. The molecule has 0 atom stereocenters. The number of hydrogen-bond donors (Lipinski definition) is 1. The number of carbonyl (C=O) groups excluding carboxylic acids is 2. The van der Waals surface area contributed by atoms with E-state index < -0.39 is 5.97 Å². The number of nitrogens with zero attached hydrogens (tertiary/aromatic N) is 3. The van der Waals surface area contributed by atoms with Gasteiger partial charge in [0.2, 0.25) is 5.91 Å². The molecule has 7 heteroatoms. The molecule has 0 radical (unpaired) electrons. The van der Waals surface area contributed by atoms with Crippen molar-refractivity contribution in [1.82, 2.24) is 15.0 Å². The van der Waals surface area contributed by atoms with Crippen molar-refractivity contribution in [1.29, 1.82) is 0 Å². The smallest absolute Gasteiger partial charge is 0.337 e. The van der Waals surface area contributed by atoms with Gasteiger partial charge in [0, 0.05) is 18.3 Å². The molecule has 0 spiro atoms. The lowest BCUT2D eigenvalue weighted by molar-refractivity contribution is -0.116. The highest BCUT2D eigenvalue weighted by Gasteiger charge is 2.06. The number of anilines is 1. The van der Waals surface area contributed by atoms with E-state index in [0.717, 1.165) is 0 Å². The first-order valence-electron chi connectivity index (χ1n) is 6.01. The Bertz CT molecular complexity index is 578. The van der Waals surface area contributed by atoms with Gasteiger partial charge in [0.1, 0.15) is 0 Å². The van der Waals surface area contributed by atoms with Crippen LogP contribution in [0.4, 0.5) is 5.69 Å². The molecule has 0 bridgehead atoms. The van der Waals surface area contributed by atoms with Crippen LogP contribution >= 0.6 is 0 Å². The molecule has 7 nitrogen and oxygen atoms in total. The SMILES string of the molecule is COC(=O)c1ccc(NC(=O)CCn2ccnn2)cc1. The number of amides is 1. The zero-order valence-corrected chi connectivity index (χ0v) is 10.9. The summed E-state index contributed by atoms with van der Waals surface area (Å²) in [6.07, 6.45) is 3.55. The number of methoxy groups -OCH3 is 1. The van der Waals surface area contributed by atoms with Crippen molar-refractivity contribution < 1.29 is 14.3 Å². The van der Waals surface area contributed by atoms with Crippen LogP contribution in [0.15, 0.2) is 36.7 Å². The number of aromatic nitrogens is 3. The van der Waals surface area contributed by atoms with Crippen molar-refractivity contribution >= 4 is 17.6 Å². The quantitative estimate of drug-likeness (QED) is 0.825. The molecule has 1 aromatic heterocycles. The van der Waals surface area contributed by atoms with Crippen molar-refractivity contribution in [3.8, 4) is 0 Å². The van der Waals surface area contributed by atoms with Crippen LogP contribution in [-0.2, 0) is 16.1 Å². The van der Waals surface area contributed by atoms with E-state index in [4.69, 9.17) is 0 Å². The third-order valence-electron chi connectivity index (χ3n) is 2.63. The molecule has 20 heavy (non-hydrogen) atoms. The molecule has 0 aliphatic carbocycles. The second-order valence-electron chi connectivity index (χ2n) is 4.03. The van der Waals surface area contributed by atoms with Crippen LogP contribution in [0.1, 0.15) is 16.8 Å². The predicted molar refractivity (Wildman–Crippen MR) is 71.1 cm³/mol. The Morgan fingerprint density at radius 1 is 1.30 bits per heavy atom. The number of benzene rings is 1. The van der Waals surface area contributed by atoms with Gasteiger partial charge in [-0.25, -0.2) is 4.79 Å². The van der Waals surface area contributed by atoms with E-state index in [1.54, 1.807) is 41.3 Å². The molecule has 0 saturated heterocycles. The number of carbonyl (C=O) groups is 2. The van der Waals surface area contributed by atoms with Crippen molar-refractivity contribution in [3.05, 3.63) is 42.2 Å². The number of nitrogens with one attached hydrogen (secondary N) is 1. The average molecular weight is 274 g/mol. The summed E-state index contributed by atoms with van der Waals surface area (Å²) in [4.78, 5) is 23.0. The van der Waals surface area contributed by atoms with Gasteiger partial charge >= 0.3 is 5.97 Å². The summed E-state index contributed by atoms with van der Waals surface area (Å²) in [7, 11) is 1.32. The summed E-state index contributed by atoms with van der Waals surface area (Å²) in [6.45, 7) is 0.464. The number of ether oxygens (including phenoxy) is 1. The van der Waals surface area contributed by atoms with Gasteiger partial charge in [-0.1, -0.05) is 5.21 Å². The Morgan fingerprint density at radius 2 is 2.05 bits per heavy atom. The van der Waals surface area contributed by atoms with Gasteiger partial charge < -0.3 is 10.1 Å². The zero-order chi connectivity index (χ0) is 14.4. The molecule has 2 aromatic rings. The molecule has 1 aromatic carbocycles. The van der Waals surface area contributed by atoms with Crippen LogP contribution in [0.2, 0.25) is 0 Å². The van der Waals surface area contributed by atoms with Gasteiger partial charge in [-0.15, -0.1) is 5.10 Å². The summed E-state index contributed by atoms with van der Waals surface area (Å²) in [5, 5.41) is 10.2. The summed E-state index contributed by atoms with van der Waals surface area (Å²) >= 11 is 0. The first kappa shape index (κ1) is 13.7. The largest absolute Gasteiger partial charge is 0.465 e. The molecule has 0 aliphatic heterocycles. The number of rotatable bonds is 5. The normalized spacial score (nSPS) is 10.1. The van der Waals surface area contributed by atoms with Crippen LogP contribution in [0.3, 0.4) is 0 Å². The van der Waals surface area contributed by atoms with E-state index in [1.165, 1.54) is 7.11 Å². The summed E-state index contributed by atoms with van der Waals surface area (Å²) < 4.78 is 6.18. The number of aryl methyl sites for hydroxylation is 1. The minimum absolute atomic E-state index is 0.133. The number of hydrogen-bond acceptors (Lipinski definition) is 5. The lowest BCUT2D eigenvalue weighted by Crippen LogP contribution is -2.15. The topological polar surface area (TPSA) is 86.1 Å². The van der Waals surface area contributed by atoms with Crippen LogP contribution in [0.5, 0.6) is 0 Å².